The molecule has 0 aromatic rings. The molecule has 0 amide bonds. The Balaban J connectivity index is 1.41. The highest BCUT2D eigenvalue weighted by Crippen LogP contribution is 2.80. The van der Waals surface area contributed by atoms with Gasteiger partial charge in [-0.05, 0) is 57.9 Å². The maximum Gasteiger partial charge on any atom is 0.119 e. The summed E-state index contributed by atoms with van der Waals surface area (Å²) in [6, 6.07) is 0. The fraction of sp³-hybridized carbons (Fsp3) is 0.882. The lowest BCUT2D eigenvalue weighted by atomic mass is 10.0. The number of hydrogen-bond acceptors (Lipinski definition) is 2. The van der Waals surface area contributed by atoms with E-state index in [0.29, 0.717) is 12.0 Å². The molecule has 0 heterocycles. The standard InChI is InChI=1S/C17H30FNO/c1-14(8-9-15(2)20-3)7-5-4-6-10-19-13-16-11-17(16,18)12-16/h5,7,14-15,19H,4,6,8-13H2,1-3H3/b7-5+/t14-,15?,16?,17?/m1/s1. The van der Waals surface area contributed by atoms with Gasteiger partial charge in [-0.1, -0.05) is 19.1 Å². The van der Waals surface area contributed by atoms with Crippen molar-refractivity contribution in [2.24, 2.45) is 11.3 Å². The zero-order valence-corrected chi connectivity index (χ0v) is 13.3. The minimum Gasteiger partial charge on any atom is -0.382 e. The minimum absolute atomic E-state index is 0.0788. The van der Waals surface area contributed by atoms with E-state index >= 15 is 0 Å². The quantitative estimate of drug-likeness (QED) is 0.459. The molecule has 3 heteroatoms. The lowest BCUT2D eigenvalue weighted by molar-refractivity contribution is 0.107. The number of allylic oxidation sites excluding steroid dienone is 2. The SMILES string of the molecule is COC(C)CC[C@H](C)/C=C/CCCNCC12CC1(F)C2. The van der Waals surface area contributed by atoms with Crippen LogP contribution in [0.1, 0.15) is 52.4 Å². The predicted octanol–water partition coefficient (Wildman–Crippen LogP) is 3.87. The third-order valence-corrected chi connectivity index (χ3v) is 5.02. The molecule has 2 aliphatic carbocycles. The summed E-state index contributed by atoms with van der Waals surface area (Å²) in [7, 11) is 1.77. The van der Waals surface area contributed by atoms with Crippen molar-refractivity contribution >= 4 is 0 Å². The molecule has 0 radical (unpaired) electrons. The van der Waals surface area contributed by atoms with Gasteiger partial charge in [0.2, 0.25) is 0 Å². The summed E-state index contributed by atoms with van der Waals surface area (Å²) < 4.78 is 18.6. The number of rotatable bonds is 11. The summed E-state index contributed by atoms with van der Waals surface area (Å²) in [5, 5.41) is 3.40. The van der Waals surface area contributed by atoms with E-state index in [0.717, 1.165) is 45.2 Å². The molecular formula is C17H30FNO. The van der Waals surface area contributed by atoms with Crippen LogP contribution in [-0.2, 0) is 4.74 Å². The molecule has 2 atom stereocenters. The van der Waals surface area contributed by atoms with Crippen LogP contribution in [0, 0.1) is 11.3 Å². The van der Waals surface area contributed by atoms with E-state index in [2.05, 4.69) is 31.3 Å². The van der Waals surface area contributed by atoms with Crippen LogP contribution in [0.2, 0.25) is 0 Å². The highest BCUT2D eigenvalue weighted by atomic mass is 19.1. The highest BCUT2D eigenvalue weighted by Gasteiger charge is 2.84. The van der Waals surface area contributed by atoms with E-state index < -0.39 is 5.67 Å². The van der Waals surface area contributed by atoms with Crippen LogP contribution in [-0.4, -0.2) is 32.0 Å². The summed E-state index contributed by atoms with van der Waals surface area (Å²) in [5.74, 6) is 0.629. The van der Waals surface area contributed by atoms with E-state index in [4.69, 9.17) is 4.74 Å². The number of hydrogen-bond donors (Lipinski definition) is 1. The van der Waals surface area contributed by atoms with E-state index in [1.165, 1.54) is 6.42 Å². The van der Waals surface area contributed by atoms with Gasteiger partial charge in [0.05, 0.1) is 6.10 Å². The summed E-state index contributed by atoms with van der Waals surface area (Å²) in [6.07, 6.45) is 11.2. The second kappa shape index (κ2) is 6.57. The Morgan fingerprint density at radius 3 is 2.60 bits per heavy atom. The van der Waals surface area contributed by atoms with Crippen molar-refractivity contribution in [2.75, 3.05) is 20.2 Å². The van der Waals surface area contributed by atoms with Gasteiger partial charge in [0.15, 0.2) is 0 Å². The number of halogens is 1. The average Bonchev–Trinajstić information content (AvgIpc) is 3.18. The van der Waals surface area contributed by atoms with Crippen molar-refractivity contribution in [3.63, 3.8) is 0 Å². The van der Waals surface area contributed by atoms with E-state index in [1.54, 1.807) is 7.11 Å². The Morgan fingerprint density at radius 1 is 1.30 bits per heavy atom. The second-order valence-electron chi connectivity index (χ2n) is 6.95. The number of fused-ring (bicyclic) bond motifs is 1. The smallest absolute Gasteiger partial charge is 0.119 e. The summed E-state index contributed by atoms with van der Waals surface area (Å²) >= 11 is 0. The lowest BCUT2D eigenvalue weighted by Gasteiger charge is -2.11. The van der Waals surface area contributed by atoms with Gasteiger partial charge >= 0.3 is 0 Å². The maximum atomic E-state index is 13.3. The molecule has 2 nitrogen and oxygen atoms in total. The molecule has 0 aromatic heterocycles. The molecule has 2 fully saturated rings. The van der Waals surface area contributed by atoms with Crippen LogP contribution in [0.4, 0.5) is 4.39 Å². The Hall–Kier alpha value is -0.410. The first kappa shape index (κ1) is 16.0. The number of nitrogens with one attached hydrogen (secondary N) is 1. The number of unbranched alkanes of at least 4 members (excludes halogenated alkanes) is 1. The molecule has 0 spiro atoms. The Labute approximate surface area is 123 Å². The predicted molar refractivity (Wildman–Crippen MR) is 81.6 cm³/mol. The van der Waals surface area contributed by atoms with Crippen molar-refractivity contribution in [3.05, 3.63) is 12.2 Å². The van der Waals surface area contributed by atoms with Gasteiger partial charge in [0.1, 0.15) is 5.67 Å². The largest absolute Gasteiger partial charge is 0.382 e. The molecule has 20 heavy (non-hydrogen) atoms. The Morgan fingerprint density at radius 2 is 2.00 bits per heavy atom. The fourth-order valence-electron chi connectivity index (χ4n) is 2.93. The average molecular weight is 283 g/mol. The third kappa shape index (κ3) is 4.05. The van der Waals surface area contributed by atoms with Crippen LogP contribution in [0.15, 0.2) is 12.2 Å². The second-order valence-corrected chi connectivity index (χ2v) is 6.95. The summed E-state index contributed by atoms with van der Waals surface area (Å²) in [6.45, 7) is 6.28. The van der Waals surface area contributed by atoms with Crippen LogP contribution >= 0.6 is 0 Å². The minimum atomic E-state index is -0.741. The third-order valence-electron chi connectivity index (χ3n) is 5.02. The van der Waals surface area contributed by atoms with Gasteiger partial charge in [-0.25, -0.2) is 4.39 Å². The molecule has 0 bridgehead atoms. The summed E-state index contributed by atoms with van der Waals surface area (Å²) in [5.41, 5.74) is -0.663. The first-order valence-electron chi connectivity index (χ1n) is 8.10. The zero-order valence-electron chi connectivity index (χ0n) is 13.3. The maximum absolute atomic E-state index is 13.3. The van der Waals surface area contributed by atoms with E-state index in [1.807, 2.05) is 0 Å². The van der Waals surface area contributed by atoms with Crippen molar-refractivity contribution in [3.8, 4) is 0 Å². The number of alkyl halides is 1. The van der Waals surface area contributed by atoms with Gasteiger partial charge in [-0.2, -0.15) is 0 Å². The molecule has 0 aliphatic heterocycles. The van der Waals surface area contributed by atoms with E-state index in [-0.39, 0.29) is 5.41 Å². The first-order valence-corrected chi connectivity index (χ1v) is 8.10. The topological polar surface area (TPSA) is 21.3 Å². The molecule has 2 saturated carbocycles. The molecule has 116 valence electrons. The first-order chi connectivity index (χ1) is 9.51. The van der Waals surface area contributed by atoms with Gasteiger partial charge in [0, 0.05) is 19.1 Å². The molecule has 1 unspecified atom stereocenters. The molecule has 2 rings (SSSR count). The van der Waals surface area contributed by atoms with Crippen molar-refractivity contribution in [1.82, 2.24) is 5.32 Å². The van der Waals surface area contributed by atoms with Crippen molar-refractivity contribution in [1.29, 1.82) is 0 Å². The van der Waals surface area contributed by atoms with Gasteiger partial charge in [-0.3, -0.25) is 0 Å². The van der Waals surface area contributed by atoms with Gasteiger partial charge < -0.3 is 10.1 Å². The normalized spacial score (nSPS) is 34.0. The molecular weight excluding hydrogens is 253 g/mol. The number of ether oxygens (including phenoxy) is 1. The molecule has 0 aromatic carbocycles. The molecule has 1 N–H and O–H groups in total. The lowest BCUT2D eigenvalue weighted by Crippen LogP contribution is -2.20. The summed E-state index contributed by atoms with van der Waals surface area (Å²) in [4.78, 5) is 0. The van der Waals surface area contributed by atoms with Gasteiger partial charge in [-0.15, -0.1) is 0 Å². The van der Waals surface area contributed by atoms with Crippen LogP contribution in [0.3, 0.4) is 0 Å². The molecule has 2 aliphatic rings. The zero-order chi connectivity index (χ0) is 14.6. The number of methoxy groups -OCH3 is 1. The fourth-order valence-corrected chi connectivity index (χ4v) is 2.93. The van der Waals surface area contributed by atoms with Crippen LogP contribution in [0.5, 0.6) is 0 Å². The van der Waals surface area contributed by atoms with Crippen molar-refractivity contribution < 1.29 is 9.13 Å². The Kier molecular flexibility index (Phi) is 5.25. The highest BCUT2D eigenvalue weighted by molar-refractivity contribution is 5.34. The van der Waals surface area contributed by atoms with Gasteiger partial charge in [0.25, 0.3) is 0 Å². The molecule has 0 saturated heterocycles. The van der Waals surface area contributed by atoms with Crippen molar-refractivity contribution in [2.45, 2.75) is 64.1 Å². The van der Waals surface area contributed by atoms with Crippen LogP contribution in [0.25, 0.3) is 0 Å². The van der Waals surface area contributed by atoms with Crippen LogP contribution < -0.4 is 5.32 Å². The Bertz CT molecular complexity index is 336. The van der Waals surface area contributed by atoms with E-state index in [9.17, 15) is 4.39 Å². The monoisotopic (exact) mass is 283 g/mol.